The molecule has 3 rings (SSSR count). The van der Waals surface area contributed by atoms with E-state index in [0.29, 0.717) is 25.8 Å². The largest absolute Gasteiger partial charge is 0.465 e. The maximum atomic E-state index is 12.2. The predicted molar refractivity (Wildman–Crippen MR) is 99.5 cm³/mol. The van der Waals surface area contributed by atoms with Crippen LogP contribution in [0.5, 0.6) is 0 Å². The summed E-state index contributed by atoms with van der Waals surface area (Å²) in [6.07, 6.45) is 3.06. The first-order chi connectivity index (χ1) is 12.4. The molecular formula is C21H26N2O3. The Hall–Kier alpha value is -2.56. The molecule has 0 saturated carbocycles. The van der Waals surface area contributed by atoms with Crippen LogP contribution in [0.4, 0.5) is 0 Å². The number of benzene rings is 1. The first-order valence-corrected chi connectivity index (χ1v) is 9.13. The second-order valence-corrected chi connectivity index (χ2v) is 7.28. The number of carbonyl (C=O) groups excluding carboxylic acids is 2. The average Bonchev–Trinajstić information content (AvgIpc) is 3.19. The van der Waals surface area contributed by atoms with E-state index < -0.39 is 0 Å². The topological polar surface area (TPSA) is 71.3 Å². The van der Waals surface area contributed by atoms with Gasteiger partial charge in [0, 0.05) is 18.4 Å². The smallest absolute Gasteiger partial charge is 0.220 e. The molecule has 5 nitrogen and oxygen atoms in total. The zero-order chi connectivity index (χ0) is 18.6. The van der Waals surface area contributed by atoms with Crippen molar-refractivity contribution in [3.8, 4) is 0 Å². The minimum atomic E-state index is -0.328. The molecule has 1 atom stereocenters. The van der Waals surface area contributed by atoms with Gasteiger partial charge in [0.15, 0.2) is 0 Å². The van der Waals surface area contributed by atoms with E-state index in [1.807, 2.05) is 19.1 Å². The molecule has 1 aromatic heterocycles. The molecule has 1 aromatic carbocycles. The molecule has 1 saturated heterocycles. The van der Waals surface area contributed by atoms with Crippen LogP contribution in [0.2, 0.25) is 0 Å². The first kappa shape index (κ1) is 18.2. The van der Waals surface area contributed by atoms with Gasteiger partial charge in [-0.3, -0.25) is 9.59 Å². The summed E-state index contributed by atoms with van der Waals surface area (Å²) in [5.41, 5.74) is 2.07. The highest BCUT2D eigenvalue weighted by molar-refractivity contribution is 5.80. The third-order valence-electron chi connectivity index (χ3n) is 4.98. The van der Waals surface area contributed by atoms with Crippen molar-refractivity contribution in [2.24, 2.45) is 0 Å². The second-order valence-electron chi connectivity index (χ2n) is 7.28. The number of aryl methyl sites for hydroxylation is 2. The highest BCUT2D eigenvalue weighted by atomic mass is 16.3. The molecule has 2 amide bonds. The summed E-state index contributed by atoms with van der Waals surface area (Å²) in [5.74, 6) is 1.63. The molecule has 5 heteroatoms. The van der Waals surface area contributed by atoms with E-state index in [-0.39, 0.29) is 17.4 Å². The highest BCUT2D eigenvalue weighted by Crippen LogP contribution is 2.29. The molecule has 0 bridgehead atoms. The third-order valence-corrected chi connectivity index (χ3v) is 4.98. The Labute approximate surface area is 154 Å². The molecule has 2 aromatic rings. The molecule has 0 aliphatic carbocycles. The van der Waals surface area contributed by atoms with Crippen molar-refractivity contribution in [1.29, 1.82) is 0 Å². The Kier molecular flexibility index (Phi) is 5.45. The standard InChI is InChI=1S/C21H26N2O3/c1-15-3-6-17(7-4-15)13-21(12-10-20(25)23-21)11-9-19(24)22-14-18-8-5-16(2)26-18/h3-8H,9-14H2,1-2H3,(H,22,24)(H,23,25)/t21-/m0/s1. The van der Waals surface area contributed by atoms with Crippen LogP contribution in [0, 0.1) is 13.8 Å². The van der Waals surface area contributed by atoms with E-state index in [1.54, 1.807) is 0 Å². The van der Waals surface area contributed by atoms with Gasteiger partial charge in [-0.1, -0.05) is 29.8 Å². The Balaban J connectivity index is 1.56. The van der Waals surface area contributed by atoms with Crippen LogP contribution in [0.3, 0.4) is 0 Å². The summed E-state index contributed by atoms with van der Waals surface area (Å²) in [4.78, 5) is 24.1. The lowest BCUT2D eigenvalue weighted by Crippen LogP contribution is -2.44. The van der Waals surface area contributed by atoms with Crippen molar-refractivity contribution in [2.75, 3.05) is 0 Å². The lowest BCUT2D eigenvalue weighted by molar-refractivity contribution is -0.123. The molecule has 0 spiro atoms. The van der Waals surface area contributed by atoms with Crippen molar-refractivity contribution in [3.63, 3.8) is 0 Å². The normalized spacial score (nSPS) is 19.4. The molecule has 138 valence electrons. The van der Waals surface area contributed by atoms with Gasteiger partial charge in [0.1, 0.15) is 11.5 Å². The summed E-state index contributed by atoms with van der Waals surface area (Å²) in [6, 6.07) is 12.1. The second kappa shape index (κ2) is 7.77. The number of nitrogens with one attached hydrogen (secondary N) is 2. The summed E-state index contributed by atoms with van der Waals surface area (Å²) < 4.78 is 5.46. The maximum Gasteiger partial charge on any atom is 0.220 e. The van der Waals surface area contributed by atoms with E-state index in [9.17, 15) is 9.59 Å². The third kappa shape index (κ3) is 4.75. The summed E-state index contributed by atoms with van der Waals surface area (Å²) in [7, 11) is 0. The average molecular weight is 354 g/mol. The van der Waals surface area contributed by atoms with Gasteiger partial charge in [-0.15, -0.1) is 0 Å². The molecule has 2 N–H and O–H groups in total. The molecule has 2 heterocycles. The molecule has 1 aliphatic heterocycles. The van der Waals surface area contributed by atoms with E-state index in [4.69, 9.17) is 4.42 Å². The van der Waals surface area contributed by atoms with Crippen LogP contribution in [0.15, 0.2) is 40.8 Å². The Morgan fingerprint density at radius 2 is 1.96 bits per heavy atom. The summed E-state index contributed by atoms with van der Waals surface area (Å²) in [6.45, 7) is 4.33. The first-order valence-electron chi connectivity index (χ1n) is 9.13. The minimum Gasteiger partial charge on any atom is -0.465 e. The van der Waals surface area contributed by atoms with E-state index in [2.05, 4.69) is 41.8 Å². The van der Waals surface area contributed by atoms with E-state index in [0.717, 1.165) is 24.4 Å². The number of hydrogen-bond donors (Lipinski definition) is 2. The van der Waals surface area contributed by atoms with Crippen LogP contribution >= 0.6 is 0 Å². The molecule has 1 fully saturated rings. The van der Waals surface area contributed by atoms with Crippen LogP contribution in [0.1, 0.15) is 48.3 Å². The molecular weight excluding hydrogens is 328 g/mol. The lowest BCUT2D eigenvalue weighted by Gasteiger charge is -2.29. The Morgan fingerprint density at radius 3 is 2.58 bits per heavy atom. The Morgan fingerprint density at radius 1 is 1.19 bits per heavy atom. The predicted octanol–water partition coefficient (Wildman–Crippen LogP) is 3.18. The minimum absolute atomic E-state index is 0.0246. The van der Waals surface area contributed by atoms with Gasteiger partial charge in [0.2, 0.25) is 11.8 Å². The number of furan rings is 1. The molecule has 1 aliphatic rings. The number of amides is 2. The lowest BCUT2D eigenvalue weighted by atomic mass is 9.84. The van der Waals surface area contributed by atoms with Crippen LogP contribution < -0.4 is 10.6 Å². The molecule has 0 radical (unpaired) electrons. The van der Waals surface area contributed by atoms with E-state index in [1.165, 1.54) is 11.1 Å². The van der Waals surface area contributed by atoms with Gasteiger partial charge >= 0.3 is 0 Å². The number of hydrogen-bond acceptors (Lipinski definition) is 3. The van der Waals surface area contributed by atoms with Gasteiger partial charge < -0.3 is 15.1 Å². The zero-order valence-corrected chi connectivity index (χ0v) is 15.4. The Bertz CT molecular complexity index is 779. The SMILES string of the molecule is Cc1ccc(C[C@]2(CCC(=O)NCc3ccc(C)o3)CCC(=O)N2)cc1. The molecule has 26 heavy (non-hydrogen) atoms. The van der Waals surface area contributed by atoms with Crippen LogP contribution in [0.25, 0.3) is 0 Å². The fourth-order valence-electron chi connectivity index (χ4n) is 3.49. The van der Waals surface area contributed by atoms with Gasteiger partial charge in [-0.2, -0.15) is 0 Å². The zero-order valence-electron chi connectivity index (χ0n) is 15.4. The molecule has 0 unspecified atom stereocenters. The monoisotopic (exact) mass is 354 g/mol. The van der Waals surface area contributed by atoms with Gasteiger partial charge in [0.05, 0.1) is 6.54 Å². The van der Waals surface area contributed by atoms with Crippen LogP contribution in [-0.2, 0) is 22.6 Å². The quantitative estimate of drug-likeness (QED) is 0.802. The van der Waals surface area contributed by atoms with Crippen molar-refractivity contribution in [3.05, 3.63) is 59.0 Å². The van der Waals surface area contributed by atoms with E-state index >= 15 is 0 Å². The van der Waals surface area contributed by atoms with Gasteiger partial charge in [-0.25, -0.2) is 0 Å². The van der Waals surface area contributed by atoms with Crippen molar-refractivity contribution >= 4 is 11.8 Å². The highest BCUT2D eigenvalue weighted by Gasteiger charge is 2.37. The van der Waals surface area contributed by atoms with Crippen LogP contribution in [-0.4, -0.2) is 17.4 Å². The summed E-state index contributed by atoms with van der Waals surface area (Å²) in [5, 5.41) is 6.02. The fraction of sp³-hybridized carbons (Fsp3) is 0.429. The number of carbonyl (C=O) groups is 2. The van der Waals surface area contributed by atoms with Crippen molar-refractivity contribution in [1.82, 2.24) is 10.6 Å². The van der Waals surface area contributed by atoms with Gasteiger partial charge in [-0.05, 0) is 50.8 Å². The van der Waals surface area contributed by atoms with Gasteiger partial charge in [0.25, 0.3) is 0 Å². The maximum absolute atomic E-state index is 12.2. The van der Waals surface area contributed by atoms with Crippen molar-refractivity contribution in [2.45, 2.75) is 58.0 Å². The summed E-state index contributed by atoms with van der Waals surface area (Å²) >= 11 is 0. The van der Waals surface area contributed by atoms with Crippen molar-refractivity contribution < 1.29 is 14.0 Å². The fourth-order valence-corrected chi connectivity index (χ4v) is 3.49. The number of rotatable bonds is 7.